The Balaban J connectivity index is 1.44. The first-order valence-corrected chi connectivity index (χ1v) is 10.8. The van der Waals surface area contributed by atoms with Crippen LogP contribution < -0.4 is 10.1 Å². The average Bonchev–Trinajstić information content (AvgIpc) is 3.32. The fourth-order valence-electron chi connectivity index (χ4n) is 2.79. The van der Waals surface area contributed by atoms with Gasteiger partial charge in [0, 0.05) is 18.1 Å². The average molecular weight is 475 g/mol. The summed E-state index contributed by atoms with van der Waals surface area (Å²) in [5, 5.41) is 13.0. The molecule has 0 bridgehead atoms. The van der Waals surface area contributed by atoms with E-state index in [-0.39, 0.29) is 12.0 Å². The van der Waals surface area contributed by atoms with Crippen molar-refractivity contribution in [3.05, 3.63) is 31.7 Å². The molecule has 6 nitrogen and oxygen atoms in total. The van der Waals surface area contributed by atoms with Gasteiger partial charge in [0.2, 0.25) is 11.0 Å². The number of carbonyl (C=O) groups excluding carboxylic acids is 1. The number of nitrogens with zero attached hydrogens (tertiary/aromatic N) is 2. The monoisotopic (exact) mass is 473 g/mol. The van der Waals surface area contributed by atoms with Gasteiger partial charge in [0.1, 0.15) is 16.9 Å². The molecule has 1 fully saturated rings. The third-order valence-electron chi connectivity index (χ3n) is 4.27. The summed E-state index contributed by atoms with van der Waals surface area (Å²) < 4.78 is 12.2. The number of nitrogens with one attached hydrogen (secondary N) is 1. The molecule has 1 aromatic carbocycles. The molecule has 27 heavy (non-hydrogen) atoms. The van der Waals surface area contributed by atoms with Crippen LogP contribution in [0.2, 0.25) is 5.02 Å². The number of hydrogen-bond acceptors (Lipinski definition) is 6. The Bertz CT molecular complexity index is 824. The van der Waals surface area contributed by atoms with Crippen molar-refractivity contribution in [2.24, 2.45) is 0 Å². The third kappa shape index (κ3) is 5.19. The Hall–Kier alpha value is -1.22. The maximum Gasteiger partial charge on any atom is 0.226 e. The molecule has 0 saturated carbocycles. The summed E-state index contributed by atoms with van der Waals surface area (Å²) in [7, 11) is 0. The van der Waals surface area contributed by atoms with E-state index in [0.717, 1.165) is 50.8 Å². The van der Waals surface area contributed by atoms with E-state index in [4.69, 9.17) is 21.1 Å². The SMILES string of the molecule is Cc1cc(OCCCC(=O)Nc2nnc(C3CCCO3)s2)c(Br)c(C)c1Cl. The van der Waals surface area contributed by atoms with Gasteiger partial charge >= 0.3 is 0 Å². The van der Waals surface area contributed by atoms with Crippen LogP contribution in [0.3, 0.4) is 0 Å². The molecule has 9 heteroatoms. The van der Waals surface area contributed by atoms with Crippen molar-refractivity contribution in [2.75, 3.05) is 18.5 Å². The molecule has 1 aliphatic heterocycles. The number of halogens is 2. The van der Waals surface area contributed by atoms with E-state index in [2.05, 4.69) is 31.4 Å². The van der Waals surface area contributed by atoms with Crippen LogP contribution in [0.25, 0.3) is 0 Å². The molecule has 1 amide bonds. The van der Waals surface area contributed by atoms with E-state index >= 15 is 0 Å². The van der Waals surface area contributed by atoms with Gasteiger partial charge in [0.05, 0.1) is 11.1 Å². The fraction of sp³-hybridized carbons (Fsp3) is 0.500. The molecule has 2 heterocycles. The van der Waals surface area contributed by atoms with Crippen LogP contribution in [0, 0.1) is 13.8 Å². The van der Waals surface area contributed by atoms with Crippen LogP contribution in [-0.4, -0.2) is 29.3 Å². The quantitative estimate of drug-likeness (QED) is 0.557. The summed E-state index contributed by atoms with van der Waals surface area (Å²) in [5.41, 5.74) is 1.91. The Kier molecular flexibility index (Phi) is 7.08. The van der Waals surface area contributed by atoms with Gasteiger partial charge in [-0.25, -0.2) is 0 Å². The highest BCUT2D eigenvalue weighted by molar-refractivity contribution is 9.10. The molecule has 3 rings (SSSR count). The first-order valence-electron chi connectivity index (χ1n) is 8.78. The van der Waals surface area contributed by atoms with Gasteiger partial charge < -0.3 is 14.8 Å². The highest BCUT2D eigenvalue weighted by Crippen LogP contribution is 2.36. The number of amides is 1. The lowest BCUT2D eigenvalue weighted by molar-refractivity contribution is -0.116. The number of hydrogen-bond donors (Lipinski definition) is 1. The smallest absolute Gasteiger partial charge is 0.226 e. The largest absolute Gasteiger partial charge is 0.492 e. The lowest BCUT2D eigenvalue weighted by atomic mass is 10.1. The van der Waals surface area contributed by atoms with Crippen LogP contribution in [-0.2, 0) is 9.53 Å². The number of carbonyl (C=O) groups is 1. The Morgan fingerprint density at radius 3 is 3.04 bits per heavy atom. The summed E-state index contributed by atoms with van der Waals surface area (Å²) >= 11 is 11.1. The van der Waals surface area contributed by atoms with Gasteiger partial charge in [-0.1, -0.05) is 22.9 Å². The van der Waals surface area contributed by atoms with Crippen molar-refractivity contribution < 1.29 is 14.3 Å². The molecule has 146 valence electrons. The Labute approximate surface area is 175 Å². The molecule has 1 N–H and O–H groups in total. The summed E-state index contributed by atoms with van der Waals surface area (Å²) in [5.74, 6) is 0.635. The molecule has 0 radical (unpaired) electrons. The Morgan fingerprint density at radius 2 is 2.30 bits per heavy atom. The summed E-state index contributed by atoms with van der Waals surface area (Å²) in [6.07, 6.45) is 2.95. The predicted molar refractivity (Wildman–Crippen MR) is 110 cm³/mol. The summed E-state index contributed by atoms with van der Waals surface area (Å²) in [6.45, 7) is 5.07. The van der Waals surface area contributed by atoms with Crippen molar-refractivity contribution in [3.63, 3.8) is 0 Å². The maximum absolute atomic E-state index is 12.1. The topological polar surface area (TPSA) is 73.3 Å². The number of ether oxygens (including phenoxy) is 2. The molecule has 0 spiro atoms. The van der Waals surface area contributed by atoms with Crippen molar-refractivity contribution in [1.29, 1.82) is 0 Å². The lowest BCUT2D eigenvalue weighted by Gasteiger charge is -2.13. The Morgan fingerprint density at radius 1 is 1.48 bits per heavy atom. The van der Waals surface area contributed by atoms with Gasteiger partial charge in [-0.15, -0.1) is 10.2 Å². The van der Waals surface area contributed by atoms with Crippen LogP contribution in [0.1, 0.15) is 47.9 Å². The van der Waals surface area contributed by atoms with Gasteiger partial charge in [-0.3, -0.25) is 4.79 Å². The summed E-state index contributed by atoms with van der Waals surface area (Å²) in [6, 6.07) is 1.90. The minimum absolute atomic E-state index is 0.0197. The van der Waals surface area contributed by atoms with Crippen molar-refractivity contribution >= 4 is 49.9 Å². The molecule has 0 aliphatic carbocycles. The standard InChI is InChI=1S/C18H21BrClN3O3S/c1-10-9-13(15(19)11(2)16(10)20)26-8-4-6-14(24)21-18-23-22-17(27-18)12-5-3-7-25-12/h9,12H,3-8H2,1-2H3,(H,21,23,24). The molecule has 2 aromatic rings. The zero-order valence-corrected chi connectivity index (χ0v) is 18.3. The zero-order valence-electron chi connectivity index (χ0n) is 15.2. The second kappa shape index (κ2) is 9.32. The van der Waals surface area contributed by atoms with E-state index in [1.54, 1.807) is 0 Å². The minimum atomic E-state index is -0.101. The first kappa shape index (κ1) is 20.5. The minimum Gasteiger partial charge on any atom is -0.492 e. The van der Waals surface area contributed by atoms with Crippen LogP contribution in [0.5, 0.6) is 5.75 Å². The molecule has 1 saturated heterocycles. The van der Waals surface area contributed by atoms with Crippen molar-refractivity contribution in [3.8, 4) is 5.75 Å². The highest BCUT2D eigenvalue weighted by atomic mass is 79.9. The second-order valence-corrected chi connectivity index (χ2v) is 8.57. The predicted octanol–water partition coefficient (Wildman–Crippen LogP) is 5.22. The molecule has 1 aliphatic rings. The van der Waals surface area contributed by atoms with Gasteiger partial charge in [-0.05, 0) is 66.2 Å². The second-order valence-electron chi connectivity index (χ2n) is 6.39. The zero-order chi connectivity index (χ0) is 19.4. The van der Waals surface area contributed by atoms with Crippen molar-refractivity contribution in [1.82, 2.24) is 10.2 Å². The van der Waals surface area contributed by atoms with E-state index < -0.39 is 0 Å². The number of anilines is 1. The lowest BCUT2D eigenvalue weighted by Crippen LogP contribution is -2.12. The molecular formula is C18H21BrClN3O3S. The third-order valence-corrected chi connectivity index (χ3v) is 6.76. The number of rotatable bonds is 7. The van der Waals surface area contributed by atoms with Crippen LogP contribution >= 0.6 is 38.9 Å². The van der Waals surface area contributed by atoms with E-state index in [0.29, 0.717) is 24.6 Å². The molecule has 1 unspecified atom stereocenters. The normalized spacial score (nSPS) is 16.5. The molecular weight excluding hydrogens is 454 g/mol. The van der Waals surface area contributed by atoms with Crippen molar-refractivity contribution in [2.45, 2.75) is 45.6 Å². The highest BCUT2D eigenvalue weighted by Gasteiger charge is 2.22. The maximum atomic E-state index is 12.1. The number of benzene rings is 1. The summed E-state index contributed by atoms with van der Waals surface area (Å²) in [4.78, 5) is 12.1. The van der Waals surface area contributed by atoms with Crippen LogP contribution in [0.15, 0.2) is 10.5 Å². The van der Waals surface area contributed by atoms with Crippen LogP contribution in [0.4, 0.5) is 5.13 Å². The van der Waals surface area contributed by atoms with Gasteiger partial charge in [0.25, 0.3) is 0 Å². The molecule has 1 atom stereocenters. The van der Waals surface area contributed by atoms with E-state index in [9.17, 15) is 4.79 Å². The van der Waals surface area contributed by atoms with Gasteiger partial charge in [-0.2, -0.15) is 0 Å². The molecule has 1 aromatic heterocycles. The number of aryl methyl sites for hydroxylation is 1. The number of aromatic nitrogens is 2. The fourth-order valence-corrected chi connectivity index (χ4v) is 4.32. The van der Waals surface area contributed by atoms with E-state index in [1.165, 1.54) is 11.3 Å². The van der Waals surface area contributed by atoms with Gasteiger partial charge in [0.15, 0.2) is 0 Å². The van der Waals surface area contributed by atoms with E-state index in [1.807, 2.05) is 19.9 Å². The first-order chi connectivity index (χ1) is 13.0.